The summed E-state index contributed by atoms with van der Waals surface area (Å²) in [4.78, 5) is 20.7. The standard InChI is InChI=1S/C23H31N5O2.HI/c1-18(29)26-21-15-20(9-10-22(21)30-3)16-25-23(24-2)28-13-11-27(12-14-28)17-19-7-5-4-6-8-19;/h4-10,15H,11-14,16-17H2,1-3H3,(H,24,25)(H,26,29);1H. The van der Waals surface area contributed by atoms with E-state index in [0.717, 1.165) is 44.2 Å². The van der Waals surface area contributed by atoms with E-state index in [2.05, 4.69) is 55.8 Å². The van der Waals surface area contributed by atoms with E-state index in [4.69, 9.17) is 4.74 Å². The Hall–Kier alpha value is -2.33. The molecule has 1 saturated heterocycles. The normalized spacial score (nSPS) is 14.5. The van der Waals surface area contributed by atoms with Gasteiger partial charge in [0, 0.05) is 53.2 Å². The average molecular weight is 537 g/mol. The van der Waals surface area contributed by atoms with E-state index in [1.54, 1.807) is 7.11 Å². The second-order valence-electron chi connectivity index (χ2n) is 7.37. The van der Waals surface area contributed by atoms with Gasteiger partial charge in [0.2, 0.25) is 5.91 Å². The van der Waals surface area contributed by atoms with Crippen molar-refractivity contribution in [3.05, 3.63) is 59.7 Å². The number of anilines is 1. The molecule has 0 bridgehead atoms. The van der Waals surface area contributed by atoms with Crippen LogP contribution in [0.3, 0.4) is 0 Å². The Morgan fingerprint density at radius 1 is 1.06 bits per heavy atom. The van der Waals surface area contributed by atoms with Gasteiger partial charge in [0.05, 0.1) is 12.8 Å². The maximum Gasteiger partial charge on any atom is 0.221 e. The zero-order valence-corrected chi connectivity index (χ0v) is 20.8. The van der Waals surface area contributed by atoms with Gasteiger partial charge < -0.3 is 20.3 Å². The van der Waals surface area contributed by atoms with Gasteiger partial charge in [-0.15, -0.1) is 24.0 Å². The summed E-state index contributed by atoms with van der Waals surface area (Å²) >= 11 is 0. The van der Waals surface area contributed by atoms with Crippen LogP contribution in [0.25, 0.3) is 0 Å². The van der Waals surface area contributed by atoms with Crippen molar-refractivity contribution in [2.75, 3.05) is 45.7 Å². The number of benzene rings is 2. The molecule has 1 heterocycles. The van der Waals surface area contributed by atoms with E-state index in [0.29, 0.717) is 18.0 Å². The predicted octanol–water partition coefficient (Wildman–Crippen LogP) is 3.16. The monoisotopic (exact) mass is 537 g/mol. The van der Waals surface area contributed by atoms with Crippen LogP contribution in [0.2, 0.25) is 0 Å². The summed E-state index contributed by atoms with van der Waals surface area (Å²) in [5, 5.41) is 6.26. The van der Waals surface area contributed by atoms with Crippen LogP contribution in [0.15, 0.2) is 53.5 Å². The number of nitrogens with one attached hydrogen (secondary N) is 2. The Bertz CT molecular complexity index is 868. The number of aliphatic imine (C=N–C) groups is 1. The zero-order chi connectivity index (χ0) is 21.3. The van der Waals surface area contributed by atoms with E-state index in [-0.39, 0.29) is 29.9 Å². The predicted molar refractivity (Wildman–Crippen MR) is 136 cm³/mol. The number of carbonyl (C=O) groups excluding carboxylic acids is 1. The number of nitrogens with zero attached hydrogens (tertiary/aromatic N) is 3. The summed E-state index contributed by atoms with van der Waals surface area (Å²) in [6, 6.07) is 16.4. The Morgan fingerprint density at radius 3 is 2.39 bits per heavy atom. The molecule has 1 amide bonds. The smallest absolute Gasteiger partial charge is 0.221 e. The van der Waals surface area contributed by atoms with Crippen LogP contribution >= 0.6 is 24.0 Å². The van der Waals surface area contributed by atoms with Gasteiger partial charge in [-0.3, -0.25) is 14.7 Å². The number of rotatable bonds is 6. The highest BCUT2D eigenvalue weighted by atomic mass is 127. The number of methoxy groups -OCH3 is 1. The van der Waals surface area contributed by atoms with Crippen LogP contribution in [-0.2, 0) is 17.9 Å². The molecule has 168 valence electrons. The largest absolute Gasteiger partial charge is 0.495 e. The van der Waals surface area contributed by atoms with Gasteiger partial charge in [-0.1, -0.05) is 36.4 Å². The van der Waals surface area contributed by atoms with Crippen molar-refractivity contribution in [3.8, 4) is 5.75 Å². The molecule has 0 spiro atoms. The Kier molecular flexibility index (Phi) is 10.1. The minimum absolute atomic E-state index is 0. The van der Waals surface area contributed by atoms with Crippen LogP contribution in [0.5, 0.6) is 5.75 Å². The minimum Gasteiger partial charge on any atom is -0.495 e. The molecule has 0 aliphatic carbocycles. The fourth-order valence-electron chi connectivity index (χ4n) is 3.63. The molecule has 0 radical (unpaired) electrons. The van der Waals surface area contributed by atoms with Crippen LogP contribution in [0.4, 0.5) is 5.69 Å². The first-order chi connectivity index (χ1) is 14.6. The number of amides is 1. The molecule has 31 heavy (non-hydrogen) atoms. The molecule has 1 aliphatic rings. The second kappa shape index (κ2) is 12.5. The van der Waals surface area contributed by atoms with E-state index in [1.807, 2.05) is 25.2 Å². The first-order valence-electron chi connectivity index (χ1n) is 10.3. The molecule has 0 aromatic heterocycles. The molecule has 2 N–H and O–H groups in total. The first kappa shape index (κ1) is 24.9. The topological polar surface area (TPSA) is 69.2 Å². The van der Waals surface area contributed by atoms with Crippen molar-refractivity contribution in [1.29, 1.82) is 0 Å². The molecule has 0 saturated carbocycles. The van der Waals surface area contributed by atoms with Crippen LogP contribution in [0.1, 0.15) is 18.1 Å². The van der Waals surface area contributed by atoms with Gasteiger partial charge in [-0.2, -0.15) is 0 Å². The van der Waals surface area contributed by atoms with Crippen molar-refractivity contribution in [3.63, 3.8) is 0 Å². The molecule has 1 aliphatic heterocycles. The van der Waals surface area contributed by atoms with Gasteiger partial charge in [0.25, 0.3) is 0 Å². The lowest BCUT2D eigenvalue weighted by atomic mass is 10.1. The number of carbonyl (C=O) groups is 1. The Balaban J connectivity index is 0.00000341. The fraction of sp³-hybridized carbons (Fsp3) is 0.391. The highest BCUT2D eigenvalue weighted by Crippen LogP contribution is 2.25. The Morgan fingerprint density at radius 2 is 1.77 bits per heavy atom. The molecule has 8 heteroatoms. The summed E-state index contributed by atoms with van der Waals surface area (Å²) in [5.41, 5.74) is 3.07. The van der Waals surface area contributed by atoms with Crippen LogP contribution in [-0.4, -0.2) is 62.0 Å². The molecule has 2 aromatic rings. The van der Waals surface area contributed by atoms with Crippen molar-refractivity contribution in [1.82, 2.24) is 15.1 Å². The van der Waals surface area contributed by atoms with Gasteiger partial charge in [0.1, 0.15) is 5.75 Å². The lowest BCUT2D eigenvalue weighted by molar-refractivity contribution is -0.114. The Labute approximate surface area is 201 Å². The third kappa shape index (κ3) is 7.39. The highest BCUT2D eigenvalue weighted by Gasteiger charge is 2.19. The SMILES string of the molecule is CN=C(NCc1ccc(OC)c(NC(C)=O)c1)N1CCN(Cc2ccccc2)CC1.I. The number of halogens is 1. The van der Waals surface area contributed by atoms with E-state index in [9.17, 15) is 4.79 Å². The third-order valence-corrected chi connectivity index (χ3v) is 5.16. The number of hydrogen-bond donors (Lipinski definition) is 2. The highest BCUT2D eigenvalue weighted by molar-refractivity contribution is 14.0. The molecule has 0 atom stereocenters. The molecule has 3 rings (SSSR count). The van der Waals surface area contributed by atoms with E-state index >= 15 is 0 Å². The third-order valence-electron chi connectivity index (χ3n) is 5.16. The lowest BCUT2D eigenvalue weighted by Crippen LogP contribution is -2.52. The zero-order valence-electron chi connectivity index (χ0n) is 18.4. The van der Waals surface area contributed by atoms with Crippen molar-refractivity contribution < 1.29 is 9.53 Å². The number of piperazine rings is 1. The van der Waals surface area contributed by atoms with E-state index < -0.39 is 0 Å². The fourth-order valence-corrected chi connectivity index (χ4v) is 3.63. The van der Waals surface area contributed by atoms with Crippen LogP contribution < -0.4 is 15.4 Å². The van der Waals surface area contributed by atoms with Crippen molar-refractivity contribution in [2.24, 2.45) is 4.99 Å². The summed E-state index contributed by atoms with van der Waals surface area (Å²) in [6.07, 6.45) is 0. The van der Waals surface area contributed by atoms with Gasteiger partial charge in [-0.25, -0.2) is 0 Å². The summed E-state index contributed by atoms with van der Waals surface area (Å²) in [5.74, 6) is 1.42. The maximum absolute atomic E-state index is 11.4. The lowest BCUT2D eigenvalue weighted by Gasteiger charge is -2.36. The first-order valence-corrected chi connectivity index (χ1v) is 10.3. The van der Waals surface area contributed by atoms with Gasteiger partial charge in [0.15, 0.2) is 5.96 Å². The van der Waals surface area contributed by atoms with Crippen molar-refractivity contribution >= 4 is 41.5 Å². The van der Waals surface area contributed by atoms with Gasteiger partial charge in [-0.05, 0) is 23.3 Å². The van der Waals surface area contributed by atoms with E-state index in [1.165, 1.54) is 12.5 Å². The molecule has 0 unspecified atom stereocenters. The quantitative estimate of drug-likeness (QED) is 0.337. The molecular formula is C23H32IN5O2. The van der Waals surface area contributed by atoms with Crippen molar-refractivity contribution in [2.45, 2.75) is 20.0 Å². The molecule has 7 nitrogen and oxygen atoms in total. The number of guanidine groups is 1. The van der Waals surface area contributed by atoms with Gasteiger partial charge >= 0.3 is 0 Å². The maximum atomic E-state index is 11.4. The summed E-state index contributed by atoms with van der Waals surface area (Å²) in [6.45, 7) is 6.98. The second-order valence-corrected chi connectivity index (χ2v) is 7.37. The summed E-state index contributed by atoms with van der Waals surface area (Å²) < 4.78 is 5.32. The number of ether oxygens (including phenoxy) is 1. The molecular weight excluding hydrogens is 505 g/mol. The van der Waals surface area contributed by atoms with Crippen LogP contribution in [0, 0.1) is 0 Å². The number of hydrogen-bond acceptors (Lipinski definition) is 4. The average Bonchev–Trinajstić information content (AvgIpc) is 2.76. The minimum atomic E-state index is -0.123. The molecule has 2 aromatic carbocycles. The molecule has 1 fully saturated rings. The summed E-state index contributed by atoms with van der Waals surface area (Å²) in [7, 11) is 3.41.